The molecule has 1 saturated heterocycles. The molecule has 1 aromatic heterocycles. The van der Waals surface area contributed by atoms with E-state index in [2.05, 4.69) is 12.2 Å². The first-order chi connectivity index (χ1) is 10.6. The number of nitrogens with one attached hydrogen (secondary N) is 1. The fraction of sp³-hybridized carbons (Fsp3) is 0.625. The zero-order chi connectivity index (χ0) is 15.9. The molecule has 1 aromatic rings. The third-order valence-electron chi connectivity index (χ3n) is 4.05. The summed E-state index contributed by atoms with van der Waals surface area (Å²) in [6.45, 7) is 2.70. The van der Waals surface area contributed by atoms with E-state index in [1.807, 2.05) is 12.1 Å². The Labute approximate surface area is 130 Å². The second-order valence-electron chi connectivity index (χ2n) is 5.68. The minimum absolute atomic E-state index is 0.0738. The van der Waals surface area contributed by atoms with Crippen molar-refractivity contribution < 1.29 is 19.1 Å². The number of nitrogens with zero attached hydrogens (tertiary/aromatic N) is 1. The van der Waals surface area contributed by atoms with Crippen molar-refractivity contribution in [2.24, 2.45) is 0 Å². The number of hydrogen-bond acceptors (Lipinski definition) is 4. The third-order valence-corrected chi connectivity index (χ3v) is 4.05. The maximum atomic E-state index is 12.1. The number of likely N-dealkylation sites (tertiary alicyclic amines) is 1. The summed E-state index contributed by atoms with van der Waals surface area (Å²) < 4.78 is 5.30. The van der Waals surface area contributed by atoms with Gasteiger partial charge in [0.05, 0.1) is 12.3 Å². The van der Waals surface area contributed by atoms with Gasteiger partial charge < -0.3 is 19.7 Å². The highest BCUT2D eigenvalue weighted by molar-refractivity contribution is 5.92. The van der Waals surface area contributed by atoms with Crippen molar-refractivity contribution in [1.29, 1.82) is 0 Å². The zero-order valence-electron chi connectivity index (χ0n) is 13.0. The lowest BCUT2D eigenvalue weighted by atomic mass is 9.90. The van der Waals surface area contributed by atoms with Gasteiger partial charge in [-0.15, -0.1) is 0 Å². The van der Waals surface area contributed by atoms with E-state index in [0.29, 0.717) is 12.8 Å². The van der Waals surface area contributed by atoms with Crippen molar-refractivity contribution >= 4 is 11.9 Å². The summed E-state index contributed by atoms with van der Waals surface area (Å²) in [5.74, 6) is -0.219. The number of carbonyl (C=O) groups excluding carboxylic acids is 1. The van der Waals surface area contributed by atoms with Crippen molar-refractivity contribution in [2.75, 3.05) is 13.1 Å². The second-order valence-corrected chi connectivity index (χ2v) is 5.68. The number of rotatable bonds is 10. The van der Waals surface area contributed by atoms with Crippen LogP contribution in [0.1, 0.15) is 38.4 Å². The molecule has 2 rings (SSSR count). The molecule has 1 aliphatic heterocycles. The van der Waals surface area contributed by atoms with Crippen LogP contribution in [0.2, 0.25) is 0 Å². The summed E-state index contributed by atoms with van der Waals surface area (Å²) >= 11 is 0. The van der Waals surface area contributed by atoms with E-state index in [-0.39, 0.29) is 24.5 Å². The Kier molecular flexibility index (Phi) is 6.00. The minimum atomic E-state index is -0.971. The molecular formula is C16H24N2O4. The molecule has 0 spiro atoms. The summed E-state index contributed by atoms with van der Waals surface area (Å²) in [5, 5.41) is 12.2. The molecule has 0 bridgehead atoms. The highest BCUT2D eigenvalue weighted by Gasteiger charge is 2.47. The first kappa shape index (κ1) is 16.5. The van der Waals surface area contributed by atoms with Crippen molar-refractivity contribution in [1.82, 2.24) is 10.2 Å². The van der Waals surface area contributed by atoms with Crippen LogP contribution < -0.4 is 5.32 Å². The molecule has 0 saturated carbocycles. The predicted octanol–water partition coefficient (Wildman–Crippen LogP) is 1.66. The van der Waals surface area contributed by atoms with Crippen LogP contribution in [0.25, 0.3) is 0 Å². The summed E-state index contributed by atoms with van der Waals surface area (Å²) in [7, 11) is 0. The van der Waals surface area contributed by atoms with E-state index in [1.165, 1.54) is 4.90 Å². The van der Waals surface area contributed by atoms with E-state index in [9.17, 15) is 9.59 Å². The van der Waals surface area contributed by atoms with E-state index in [1.54, 1.807) is 6.26 Å². The van der Waals surface area contributed by atoms with Crippen LogP contribution in [-0.4, -0.2) is 47.1 Å². The standard InChI is InChI=1S/C16H24N2O4/c1-2-3-4-9-17-15-13(8-7-12-6-5-10-22-12)18(16(15)21)11-14(19)20/h5-6,10,13,15,17H,2-4,7-9,11H2,1H3,(H,19,20)/t13-,15+/m1/s1. The van der Waals surface area contributed by atoms with Gasteiger partial charge in [-0.1, -0.05) is 19.8 Å². The van der Waals surface area contributed by atoms with Gasteiger partial charge in [0.2, 0.25) is 5.91 Å². The fourth-order valence-electron chi connectivity index (χ4n) is 2.87. The van der Waals surface area contributed by atoms with Crippen molar-refractivity contribution in [3.63, 3.8) is 0 Å². The average Bonchev–Trinajstić information content (AvgIpc) is 3.00. The number of aryl methyl sites for hydroxylation is 1. The molecule has 6 heteroatoms. The Morgan fingerprint density at radius 3 is 2.91 bits per heavy atom. The van der Waals surface area contributed by atoms with Crippen LogP contribution in [0.15, 0.2) is 22.8 Å². The van der Waals surface area contributed by atoms with Crippen LogP contribution >= 0.6 is 0 Å². The number of aliphatic carboxylic acids is 1. The Hall–Kier alpha value is -1.82. The topological polar surface area (TPSA) is 82.8 Å². The van der Waals surface area contributed by atoms with Gasteiger partial charge >= 0.3 is 5.97 Å². The van der Waals surface area contributed by atoms with Crippen molar-refractivity contribution in [3.05, 3.63) is 24.2 Å². The number of unbranched alkanes of at least 4 members (excludes halogenated alkanes) is 2. The maximum absolute atomic E-state index is 12.1. The van der Waals surface area contributed by atoms with Gasteiger partial charge in [0, 0.05) is 6.42 Å². The van der Waals surface area contributed by atoms with Crippen molar-refractivity contribution in [2.45, 2.75) is 51.1 Å². The van der Waals surface area contributed by atoms with Gasteiger partial charge in [-0.3, -0.25) is 9.59 Å². The van der Waals surface area contributed by atoms with Gasteiger partial charge in [-0.2, -0.15) is 0 Å². The number of carbonyl (C=O) groups is 2. The summed E-state index contributed by atoms with van der Waals surface area (Å²) in [6.07, 6.45) is 6.32. The van der Waals surface area contributed by atoms with E-state index in [0.717, 1.165) is 31.6 Å². The zero-order valence-corrected chi connectivity index (χ0v) is 13.0. The smallest absolute Gasteiger partial charge is 0.323 e. The predicted molar refractivity (Wildman–Crippen MR) is 81.5 cm³/mol. The van der Waals surface area contributed by atoms with Gasteiger partial charge in [0.25, 0.3) is 0 Å². The van der Waals surface area contributed by atoms with E-state index in [4.69, 9.17) is 9.52 Å². The molecule has 122 valence electrons. The Morgan fingerprint density at radius 1 is 1.45 bits per heavy atom. The largest absolute Gasteiger partial charge is 0.480 e. The van der Waals surface area contributed by atoms with Crippen LogP contribution in [0.3, 0.4) is 0 Å². The molecule has 2 atom stereocenters. The van der Waals surface area contributed by atoms with Crippen LogP contribution in [0.5, 0.6) is 0 Å². The number of carboxylic acid groups (broad SMARTS) is 1. The van der Waals surface area contributed by atoms with Crippen LogP contribution in [-0.2, 0) is 16.0 Å². The maximum Gasteiger partial charge on any atom is 0.323 e. The quantitative estimate of drug-likeness (QED) is 0.507. The lowest BCUT2D eigenvalue weighted by molar-refractivity contribution is -0.159. The summed E-state index contributed by atoms with van der Waals surface area (Å²) in [4.78, 5) is 24.5. The first-order valence-corrected chi connectivity index (χ1v) is 7.91. The van der Waals surface area contributed by atoms with Gasteiger partial charge in [0.15, 0.2) is 0 Å². The minimum Gasteiger partial charge on any atom is -0.480 e. The lowest BCUT2D eigenvalue weighted by Gasteiger charge is -2.47. The molecular weight excluding hydrogens is 284 g/mol. The highest BCUT2D eigenvalue weighted by Crippen LogP contribution is 2.24. The van der Waals surface area contributed by atoms with Crippen molar-refractivity contribution in [3.8, 4) is 0 Å². The van der Waals surface area contributed by atoms with Crippen LogP contribution in [0.4, 0.5) is 0 Å². The molecule has 0 aromatic carbocycles. The number of β-lactam (4-membered cyclic amide) rings is 1. The first-order valence-electron chi connectivity index (χ1n) is 7.91. The molecule has 2 N–H and O–H groups in total. The highest BCUT2D eigenvalue weighted by atomic mass is 16.4. The molecule has 0 unspecified atom stereocenters. The summed E-state index contributed by atoms with van der Waals surface area (Å²) in [6, 6.07) is 3.39. The lowest BCUT2D eigenvalue weighted by Crippen LogP contribution is -2.70. The molecule has 22 heavy (non-hydrogen) atoms. The number of carboxylic acids is 1. The number of furan rings is 1. The Morgan fingerprint density at radius 2 is 2.27 bits per heavy atom. The number of hydrogen-bond donors (Lipinski definition) is 2. The third kappa shape index (κ3) is 4.10. The van der Waals surface area contributed by atoms with E-state index < -0.39 is 5.97 Å². The normalized spacial score (nSPS) is 21.0. The Bertz CT molecular complexity index is 486. The summed E-state index contributed by atoms with van der Waals surface area (Å²) in [5.41, 5.74) is 0. The molecule has 1 aliphatic rings. The van der Waals surface area contributed by atoms with Gasteiger partial charge in [0.1, 0.15) is 18.3 Å². The molecule has 1 fully saturated rings. The van der Waals surface area contributed by atoms with Gasteiger partial charge in [-0.05, 0) is 31.5 Å². The molecule has 2 heterocycles. The van der Waals surface area contributed by atoms with Gasteiger partial charge in [-0.25, -0.2) is 0 Å². The SMILES string of the molecule is CCCCCN[C@@H]1C(=O)N(CC(=O)O)[C@@H]1CCc1ccco1. The molecule has 6 nitrogen and oxygen atoms in total. The Balaban J connectivity index is 1.88. The molecule has 1 amide bonds. The van der Waals surface area contributed by atoms with Crippen LogP contribution in [0, 0.1) is 0 Å². The molecule has 0 radical (unpaired) electrons. The number of amides is 1. The molecule has 0 aliphatic carbocycles. The van der Waals surface area contributed by atoms with E-state index >= 15 is 0 Å². The average molecular weight is 308 g/mol. The second kappa shape index (κ2) is 7.98. The monoisotopic (exact) mass is 308 g/mol. The fourth-order valence-corrected chi connectivity index (χ4v) is 2.87.